The summed E-state index contributed by atoms with van der Waals surface area (Å²) in [6, 6.07) is 11.1. The second-order valence-corrected chi connectivity index (χ2v) is 5.96. The fourth-order valence-corrected chi connectivity index (χ4v) is 2.56. The molecule has 0 spiro atoms. The fraction of sp³-hybridized carbons (Fsp3) is 0.400. The first-order valence-electron chi connectivity index (χ1n) is 6.51. The summed E-state index contributed by atoms with van der Waals surface area (Å²) < 4.78 is 5.21. The summed E-state index contributed by atoms with van der Waals surface area (Å²) in [5.74, 6) is 1.75. The predicted molar refractivity (Wildman–Crippen MR) is 79.2 cm³/mol. The van der Waals surface area contributed by atoms with Gasteiger partial charge in [-0.3, -0.25) is 0 Å². The maximum Gasteiger partial charge on any atom is 0.147 e. The number of hydrogen-bond donors (Lipinski definition) is 1. The third-order valence-corrected chi connectivity index (χ3v) is 3.69. The van der Waals surface area contributed by atoms with Crippen LogP contribution in [0.1, 0.15) is 30.9 Å². The van der Waals surface area contributed by atoms with Crippen molar-refractivity contribution in [2.24, 2.45) is 0 Å². The maximum atomic E-state index is 5.21. The Morgan fingerprint density at radius 3 is 2.84 bits per heavy atom. The van der Waals surface area contributed by atoms with Crippen LogP contribution in [-0.2, 0) is 12.3 Å². The number of aromatic nitrogens is 1. The van der Waals surface area contributed by atoms with Gasteiger partial charge in [-0.25, -0.2) is 0 Å². The smallest absolute Gasteiger partial charge is 0.147 e. The summed E-state index contributed by atoms with van der Waals surface area (Å²) in [6.07, 6.45) is 0. The van der Waals surface area contributed by atoms with E-state index in [2.05, 4.69) is 48.6 Å². The minimum absolute atomic E-state index is 0.508. The lowest BCUT2D eigenvalue weighted by Gasteiger charge is -2.09. The van der Waals surface area contributed by atoms with Gasteiger partial charge in [-0.2, -0.15) is 0 Å². The average Bonchev–Trinajstić information content (AvgIpc) is 2.80. The van der Waals surface area contributed by atoms with Gasteiger partial charge in [0.15, 0.2) is 0 Å². The van der Waals surface area contributed by atoms with Crippen molar-refractivity contribution in [3.05, 3.63) is 47.3 Å². The van der Waals surface area contributed by atoms with Gasteiger partial charge in [0, 0.05) is 23.5 Å². The molecule has 0 saturated carbocycles. The molecule has 3 nitrogen and oxygen atoms in total. The fourth-order valence-electron chi connectivity index (χ4n) is 1.71. The van der Waals surface area contributed by atoms with E-state index in [1.807, 2.05) is 13.0 Å². The SMILES string of the molecule is Cc1cc(CSc2cccc(CNC(C)C)c2)on1. The molecule has 2 rings (SSSR count). The summed E-state index contributed by atoms with van der Waals surface area (Å²) in [6.45, 7) is 7.17. The molecule has 1 N–H and O–H groups in total. The molecule has 0 aliphatic rings. The number of rotatable bonds is 6. The molecule has 0 aliphatic heterocycles. The molecule has 0 unspecified atom stereocenters. The summed E-state index contributed by atoms with van der Waals surface area (Å²) in [5, 5.41) is 7.33. The van der Waals surface area contributed by atoms with Gasteiger partial charge in [-0.1, -0.05) is 31.1 Å². The Labute approximate surface area is 118 Å². The van der Waals surface area contributed by atoms with E-state index >= 15 is 0 Å². The van der Waals surface area contributed by atoms with Crippen LogP contribution in [0.2, 0.25) is 0 Å². The molecular weight excluding hydrogens is 256 g/mol. The van der Waals surface area contributed by atoms with Crippen LogP contribution in [0.3, 0.4) is 0 Å². The van der Waals surface area contributed by atoms with E-state index in [9.17, 15) is 0 Å². The van der Waals surface area contributed by atoms with Gasteiger partial charge < -0.3 is 9.84 Å². The summed E-state index contributed by atoms with van der Waals surface area (Å²) in [4.78, 5) is 1.26. The Kier molecular flexibility index (Phi) is 5.05. The Morgan fingerprint density at radius 1 is 1.32 bits per heavy atom. The van der Waals surface area contributed by atoms with Gasteiger partial charge in [0.2, 0.25) is 0 Å². The molecule has 1 heterocycles. The first kappa shape index (κ1) is 14.2. The highest BCUT2D eigenvalue weighted by Gasteiger charge is 2.03. The van der Waals surface area contributed by atoms with Crippen molar-refractivity contribution in [1.82, 2.24) is 10.5 Å². The lowest BCUT2D eigenvalue weighted by molar-refractivity contribution is 0.391. The summed E-state index contributed by atoms with van der Waals surface area (Å²) >= 11 is 1.77. The molecule has 2 aromatic rings. The minimum Gasteiger partial charge on any atom is -0.360 e. The number of hydrogen-bond acceptors (Lipinski definition) is 4. The zero-order chi connectivity index (χ0) is 13.7. The van der Waals surface area contributed by atoms with Crippen LogP contribution in [-0.4, -0.2) is 11.2 Å². The molecule has 0 saturated heterocycles. The Hall–Kier alpha value is -1.26. The van der Waals surface area contributed by atoms with Gasteiger partial charge in [0.05, 0.1) is 11.4 Å². The highest BCUT2D eigenvalue weighted by Crippen LogP contribution is 2.23. The van der Waals surface area contributed by atoms with Crippen LogP contribution in [0, 0.1) is 6.92 Å². The highest BCUT2D eigenvalue weighted by atomic mass is 32.2. The van der Waals surface area contributed by atoms with Crippen LogP contribution in [0.4, 0.5) is 0 Å². The Balaban J connectivity index is 1.91. The second kappa shape index (κ2) is 6.78. The molecule has 0 fully saturated rings. The third-order valence-electron chi connectivity index (χ3n) is 2.67. The topological polar surface area (TPSA) is 38.1 Å². The van der Waals surface area contributed by atoms with Crippen molar-refractivity contribution in [3.8, 4) is 0 Å². The maximum absolute atomic E-state index is 5.21. The van der Waals surface area contributed by atoms with E-state index in [4.69, 9.17) is 4.52 Å². The number of nitrogens with one attached hydrogen (secondary N) is 1. The van der Waals surface area contributed by atoms with E-state index in [1.54, 1.807) is 11.8 Å². The van der Waals surface area contributed by atoms with Gasteiger partial charge >= 0.3 is 0 Å². The molecule has 4 heteroatoms. The predicted octanol–water partition coefficient (Wildman–Crippen LogP) is 3.77. The molecule has 0 aliphatic carbocycles. The molecular formula is C15H20N2OS. The summed E-state index contributed by atoms with van der Waals surface area (Å²) in [5.41, 5.74) is 2.25. The monoisotopic (exact) mass is 276 g/mol. The van der Waals surface area contributed by atoms with Crippen molar-refractivity contribution in [2.45, 2.75) is 44.0 Å². The van der Waals surface area contributed by atoms with E-state index < -0.39 is 0 Å². The molecule has 102 valence electrons. The van der Waals surface area contributed by atoms with Crippen LogP contribution < -0.4 is 5.32 Å². The minimum atomic E-state index is 0.508. The second-order valence-electron chi connectivity index (χ2n) is 4.91. The number of nitrogens with zero attached hydrogens (tertiary/aromatic N) is 1. The van der Waals surface area contributed by atoms with Crippen LogP contribution in [0.25, 0.3) is 0 Å². The molecule has 0 atom stereocenters. The lowest BCUT2D eigenvalue weighted by atomic mass is 10.2. The highest BCUT2D eigenvalue weighted by molar-refractivity contribution is 7.98. The van der Waals surface area contributed by atoms with Gasteiger partial charge in [0.1, 0.15) is 5.76 Å². The van der Waals surface area contributed by atoms with Crippen molar-refractivity contribution in [2.75, 3.05) is 0 Å². The van der Waals surface area contributed by atoms with Gasteiger partial charge in [-0.05, 0) is 24.6 Å². The number of thioether (sulfide) groups is 1. The summed E-state index contributed by atoms with van der Waals surface area (Å²) in [7, 11) is 0. The zero-order valence-electron chi connectivity index (χ0n) is 11.6. The molecule has 19 heavy (non-hydrogen) atoms. The van der Waals surface area contributed by atoms with E-state index in [0.717, 1.165) is 23.8 Å². The van der Waals surface area contributed by atoms with Crippen LogP contribution >= 0.6 is 11.8 Å². The van der Waals surface area contributed by atoms with Crippen LogP contribution in [0.15, 0.2) is 39.8 Å². The van der Waals surface area contributed by atoms with Gasteiger partial charge in [-0.15, -0.1) is 11.8 Å². The standard InChI is InChI=1S/C15H20N2OS/c1-11(2)16-9-13-5-4-6-15(8-13)19-10-14-7-12(3)17-18-14/h4-8,11,16H,9-10H2,1-3H3. The first-order valence-corrected chi connectivity index (χ1v) is 7.49. The van der Waals surface area contributed by atoms with Gasteiger partial charge in [0.25, 0.3) is 0 Å². The van der Waals surface area contributed by atoms with E-state index in [1.165, 1.54) is 10.5 Å². The zero-order valence-corrected chi connectivity index (χ0v) is 12.5. The first-order chi connectivity index (χ1) is 9.13. The third kappa shape index (κ3) is 4.73. The lowest BCUT2D eigenvalue weighted by Crippen LogP contribution is -2.21. The van der Waals surface area contributed by atoms with E-state index in [0.29, 0.717) is 6.04 Å². The van der Waals surface area contributed by atoms with Crippen molar-refractivity contribution < 1.29 is 4.52 Å². The normalized spacial score (nSPS) is 11.2. The molecule has 1 aromatic heterocycles. The average molecular weight is 276 g/mol. The number of benzene rings is 1. The van der Waals surface area contributed by atoms with Crippen molar-refractivity contribution in [3.63, 3.8) is 0 Å². The molecule has 1 aromatic carbocycles. The molecule has 0 bridgehead atoms. The van der Waals surface area contributed by atoms with Crippen LogP contribution in [0.5, 0.6) is 0 Å². The largest absolute Gasteiger partial charge is 0.360 e. The Morgan fingerprint density at radius 2 is 2.16 bits per heavy atom. The molecule has 0 amide bonds. The van der Waals surface area contributed by atoms with E-state index in [-0.39, 0.29) is 0 Å². The van der Waals surface area contributed by atoms with Crippen molar-refractivity contribution >= 4 is 11.8 Å². The van der Waals surface area contributed by atoms with Crippen molar-refractivity contribution in [1.29, 1.82) is 0 Å². The molecule has 0 radical (unpaired) electrons. The number of aryl methyl sites for hydroxylation is 1. The quantitative estimate of drug-likeness (QED) is 0.815. The Bertz CT molecular complexity index is 522.